The molecule has 0 bridgehead atoms. The smallest absolute Gasteiger partial charge is 0.335 e. The molecule has 2 amide bonds. The molecule has 1 rings (SSSR count). The molecule has 0 fully saturated rings. The third-order valence-electron chi connectivity index (χ3n) is 1.84. The van der Waals surface area contributed by atoms with Gasteiger partial charge in [-0.15, -0.1) is 0 Å². The molecule has 1 aromatic rings. The van der Waals surface area contributed by atoms with Crippen molar-refractivity contribution >= 4 is 23.5 Å². The average Bonchev–Trinajstić information content (AvgIpc) is 2.15. The molecule has 6 heteroatoms. The maximum atomic E-state index is 11.0. The SMILES string of the molecule is CC(=O)Nc1cc(C(=O)O)ccc1C(N)=O. The van der Waals surface area contributed by atoms with Crippen molar-refractivity contribution in [1.82, 2.24) is 0 Å². The van der Waals surface area contributed by atoms with E-state index in [4.69, 9.17) is 10.8 Å². The fourth-order valence-corrected chi connectivity index (χ4v) is 1.19. The van der Waals surface area contributed by atoms with Crippen LogP contribution in [0.15, 0.2) is 18.2 Å². The van der Waals surface area contributed by atoms with E-state index in [1.807, 2.05) is 0 Å². The molecule has 0 aliphatic carbocycles. The number of nitrogens with one attached hydrogen (secondary N) is 1. The third kappa shape index (κ3) is 2.57. The number of carboxylic acid groups (broad SMARTS) is 1. The van der Waals surface area contributed by atoms with Gasteiger partial charge in [-0.3, -0.25) is 9.59 Å². The number of benzene rings is 1. The topological polar surface area (TPSA) is 109 Å². The van der Waals surface area contributed by atoms with Gasteiger partial charge in [0.15, 0.2) is 0 Å². The number of carboxylic acids is 1. The largest absolute Gasteiger partial charge is 0.478 e. The van der Waals surface area contributed by atoms with Crippen LogP contribution in [-0.2, 0) is 4.79 Å². The predicted octanol–water partition coefficient (Wildman–Crippen LogP) is 0.442. The summed E-state index contributed by atoms with van der Waals surface area (Å²) in [7, 11) is 0. The van der Waals surface area contributed by atoms with Gasteiger partial charge in [0.1, 0.15) is 0 Å². The number of anilines is 1. The Labute approximate surface area is 91.1 Å². The van der Waals surface area contributed by atoms with Gasteiger partial charge in [0.05, 0.1) is 16.8 Å². The fraction of sp³-hybridized carbons (Fsp3) is 0.100. The second-order valence-electron chi connectivity index (χ2n) is 3.11. The first kappa shape index (κ1) is 11.7. The Morgan fingerprint density at radius 2 is 1.94 bits per heavy atom. The molecule has 0 aliphatic heterocycles. The summed E-state index contributed by atoms with van der Waals surface area (Å²) in [6.45, 7) is 1.25. The average molecular weight is 222 g/mol. The van der Waals surface area contributed by atoms with Crippen molar-refractivity contribution in [2.75, 3.05) is 5.32 Å². The van der Waals surface area contributed by atoms with Crippen LogP contribution in [0, 0.1) is 0 Å². The highest BCUT2D eigenvalue weighted by atomic mass is 16.4. The number of primary amides is 1. The van der Waals surface area contributed by atoms with Crippen LogP contribution in [0.1, 0.15) is 27.6 Å². The zero-order valence-corrected chi connectivity index (χ0v) is 8.48. The van der Waals surface area contributed by atoms with Crippen LogP contribution >= 0.6 is 0 Å². The molecule has 6 nitrogen and oxygen atoms in total. The minimum absolute atomic E-state index is 0.0336. The van der Waals surface area contributed by atoms with Gasteiger partial charge in [0.2, 0.25) is 5.91 Å². The molecule has 4 N–H and O–H groups in total. The van der Waals surface area contributed by atoms with Gasteiger partial charge >= 0.3 is 5.97 Å². The highest BCUT2D eigenvalue weighted by Gasteiger charge is 2.12. The van der Waals surface area contributed by atoms with Gasteiger partial charge in [0.25, 0.3) is 5.91 Å². The molecule has 0 spiro atoms. The van der Waals surface area contributed by atoms with Gasteiger partial charge in [0, 0.05) is 6.92 Å². The predicted molar refractivity (Wildman–Crippen MR) is 56.2 cm³/mol. The maximum Gasteiger partial charge on any atom is 0.335 e. The molecule has 16 heavy (non-hydrogen) atoms. The summed E-state index contributed by atoms with van der Waals surface area (Å²) in [4.78, 5) is 32.6. The highest BCUT2D eigenvalue weighted by Crippen LogP contribution is 2.17. The van der Waals surface area contributed by atoms with Crippen molar-refractivity contribution in [2.45, 2.75) is 6.92 Å². The first-order valence-electron chi connectivity index (χ1n) is 4.36. The number of amides is 2. The van der Waals surface area contributed by atoms with Crippen molar-refractivity contribution in [1.29, 1.82) is 0 Å². The van der Waals surface area contributed by atoms with E-state index in [0.717, 1.165) is 0 Å². The molecular weight excluding hydrogens is 212 g/mol. The molecule has 0 unspecified atom stereocenters. The summed E-state index contributed by atoms with van der Waals surface area (Å²) >= 11 is 0. The second-order valence-corrected chi connectivity index (χ2v) is 3.11. The normalized spacial score (nSPS) is 9.56. The lowest BCUT2D eigenvalue weighted by Crippen LogP contribution is -2.17. The zero-order valence-electron chi connectivity index (χ0n) is 8.48. The van der Waals surface area contributed by atoms with Gasteiger partial charge in [-0.2, -0.15) is 0 Å². The van der Waals surface area contributed by atoms with E-state index in [1.165, 1.54) is 25.1 Å². The number of carbonyl (C=O) groups excluding carboxylic acids is 2. The van der Waals surface area contributed by atoms with E-state index >= 15 is 0 Å². The van der Waals surface area contributed by atoms with Crippen molar-refractivity contribution in [3.8, 4) is 0 Å². The number of hydrogen-bond acceptors (Lipinski definition) is 3. The quantitative estimate of drug-likeness (QED) is 0.689. The molecule has 1 aromatic carbocycles. The molecule has 0 saturated carbocycles. The van der Waals surface area contributed by atoms with E-state index in [1.54, 1.807) is 0 Å². The Kier molecular flexibility index (Phi) is 3.24. The Balaban J connectivity index is 3.26. The monoisotopic (exact) mass is 222 g/mol. The molecule has 84 valence electrons. The number of rotatable bonds is 3. The van der Waals surface area contributed by atoms with Gasteiger partial charge < -0.3 is 16.2 Å². The van der Waals surface area contributed by atoms with Crippen LogP contribution in [0.25, 0.3) is 0 Å². The lowest BCUT2D eigenvalue weighted by atomic mass is 10.1. The summed E-state index contributed by atoms with van der Waals surface area (Å²) in [5.74, 6) is -2.30. The Bertz CT molecular complexity index is 468. The first-order chi connectivity index (χ1) is 7.41. The van der Waals surface area contributed by atoms with Crippen LogP contribution in [0.3, 0.4) is 0 Å². The zero-order chi connectivity index (χ0) is 12.3. The molecule has 0 saturated heterocycles. The fourth-order valence-electron chi connectivity index (χ4n) is 1.19. The van der Waals surface area contributed by atoms with Crippen molar-refractivity contribution in [3.63, 3.8) is 0 Å². The number of aromatic carboxylic acids is 1. The number of carbonyl (C=O) groups is 3. The maximum absolute atomic E-state index is 11.0. The number of hydrogen-bond donors (Lipinski definition) is 3. The number of nitrogens with two attached hydrogens (primary N) is 1. The second kappa shape index (κ2) is 4.43. The van der Waals surface area contributed by atoms with E-state index in [9.17, 15) is 14.4 Å². The summed E-state index contributed by atoms with van der Waals surface area (Å²) < 4.78 is 0. The standard InChI is InChI=1S/C10H10N2O4/c1-5(13)12-8-4-6(10(15)16)2-3-7(8)9(11)14/h2-4H,1H3,(H2,11,14)(H,12,13)(H,15,16). The minimum atomic E-state index is -1.15. The van der Waals surface area contributed by atoms with E-state index in [-0.39, 0.29) is 16.8 Å². The van der Waals surface area contributed by atoms with Crippen molar-refractivity contribution in [3.05, 3.63) is 29.3 Å². The van der Waals surface area contributed by atoms with Gasteiger partial charge in [-0.05, 0) is 18.2 Å². The molecule has 0 atom stereocenters. The molecule has 0 heterocycles. The Morgan fingerprint density at radius 1 is 1.31 bits per heavy atom. The van der Waals surface area contributed by atoms with Crippen LogP contribution in [0.5, 0.6) is 0 Å². The lowest BCUT2D eigenvalue weighted by molar-refractivity contribution is -0.114. The summed E-state index contributed by atoms with van der Waals surface area (Å²) in [5, 5.41) is 11.1. The van der Waals surface area contributed by atoms with Gasteiger partial charge in [-0.25, -0.2) is 4.79 Å². The minimum Gasteiger partial charge on any atom is -0.478 e. The lowest BCUT2D eigenvalue weighted by Gasteiger charge is -2.07. The molecule has 0 aliphatic rings. The summed E-state index contributed by atoms with van der Waals surface area (Å²) in [6, 6.07) is 3.69. The molecule has 0 aromatic heterocycles. The van der Waals surface area contributed by atoms with E-state index in [2.05, 4.69) is 5.32 Å². The Hall–Kier alpha value is -2.37. The van der Waals surface area contributed by atoms with Crippen LogP contribution in [0.2, 0.25) is 0 Å². The van der Waals surface area contributed by atoms with Crippen LogP contribution < -0.4 is 11.1 Å². The highest BCUT2D eigenvalue weighted by molar-refractivity contribution is 6.04. The van der Waals surface area contributed by atoms with Crippen molar-refractivity contribution in [2.24, 2.45) is 5.73 Å². The molecular formula is C10H10N2O4. The summed E-state index contributed by atoms with van der Waals surface area (Å²) in [5.41, 5.74) is 5.21. The van der Waals surface area contributed by atoms with Crippen LogP contribution in [-0.4, -0.2) is 22.9 Å². The molecule has 0 radical (unpaired) electrons. The third-order valence-corrected chi connectivity index (χ3v) is 1.84. The van der Waals surface area contributed by atoms with E-state index < -0.39 is 17.8 Å². The van der Waals surface area contributed by atoms with Crippen molar-refractivity contribution < 1.29 is 19.5 Å². The first-order valence-corrected chi connectivity index (χ1v) is 4.36. The van der Waals surface area contributed by atoms with E-state index in [0.29, 0.717) is 0 Å². The van der Waals surface area contributed by atoms with Crippen LogP contribution in [0.4, 0.5) is 5.69 Å². The Morgan fingerprint density at radius 3 is 2.38 bits per heavy atom. The summed E-state index contributed by atoms with van der Waals surface area (Å²) in [6.07, 6.45) is 0. The van der Waals surface area contributed by atoms with Gasteiger partial charge in [-0.1, -0.05) is 0 Å².